The topological polar surface area (TPSA) is 27.1 Å². The van der Waals surface area contributed by atoms with Crippen LogP contribution in [-0.4, -0.2) is 9.78 Å². The second kappa shape index (κ2) is 6.60. The molecule has 5 heteroatoms. The van der Waals surface area contributed by atoms with Crippen LogP contribution in [0.5, 0.6) is 5.75 Å². The van der Waals surface area contributed by atoms with Crippen molar-refractivity contribution in [1.82, 2.24) is 9.78 Å². The quantitative estimate of drug-likeness (QED) is 0.354. The Kier molecular flexibility index (Phi) is 4.05. The number of nitrogens with zero attached hydrogens (tertiary/aromatic N) is 2. The fourth-order valence-electron chi connectivity index (χ4n) is 3.73. The minimum Gasteiger partial charge on any atom is -0.488 e. The molecule has 0 fully saturated rings. The first-order chi connectivity index (χ1) is 13.6. The van der Waals surface area contributed by atoms with E-state index >= 15 is 0 Å². The van der Waals surface area contributed by atoms with Crippen LogP contribution in [0.15, 0.2) is 71.3 Å². The second-order valence-corrected chi connectivity index (χ2v) is 7.98. The van der Waals surface area contributed by atoms with Gasteiger partial charge >= 0.3 is 0 Å². The number of hydrogen-bond acceptors (Lipinski definition) is 2. The fourth-order valence-corrected chi connectivity index (χ4v) is 4.16. The van der Waals surface area contributed by atoms with Crippen molar-refractivity contribution in [1.29, 1.82) is 0 Å². The van der Waals surface area contributed by atoms with E-state index in [-0.39, 0.29) is 5.82 Å². The Bertz CT molecular complexity index is 1240. The zero-order valence-corrected chi connectivity index (χ0v) is 16.7. The lowest BCUT2D eigenvalue weighted by molar-refractivity contribution is 0.307. The first-order valence-electron chi connectivity index (χ1n) is 8.97. The van der Waals surface area contributed by atoms with Gasteiger partial charge in [0, 0.05) is 21.0 Å². The van der Waals surface area contributed by atoms with Crippen molar-refractivity contribution >= 4 is 32.4 Å². The van der Waals surface area contributed by atoms with Crippen LogP contribution < -0.4 is 4.74 Å². The molecule has 0 amide bonds. The highest BCUT2D eigenvalue weighted by molar-refractivity contribution is 9.11. The molecule has 1 aromatic heterocycles. The molecule has 5 rings (SSSR count). The smallest absolute Gasteiger partial charge is 0.127 e. The minimum atomic E-state index is -0.261. The third-order valence-corrected chi connectivity index (χ3v) is 5.41. The Morgan fingerprint density at radius 1 is 1.07 bits per heavy atom. The number of allylic oxidation sites excluding steroid dienone is 1. The zero-order chi connectivity index (χ0) is 19.3. The van der Waals surface area contributed by atoms with Crippen LogP contribution in [-0.2, 0) is 6.61 Å². The van der Waals surface area contributed by atoms with Gasteiger partial charge in [0.25, 0.3) is 0 Å². The molecule has 0 radical (unpaired) electrons. The van der Waals surface area contributed by atoms with Crippen molar-refractivity contribution in [3.63, 3.8) is 0 Å². The van der Waals surface area contributed by atoms with Gasteiger partial charge in [-0.25, -0.2) is 9.07 Å². The van der Waals surface area contributed by atoms with E-state index in [1.165, 1.54) is 12.1 Å². The average molecular weight is 435 g/mol. The maximum atomic E-state index is 13.3. The second-order valence-electron chi connectivity index (χ2n) is 6.79. The third kappa shape index (κ3) is 2.74. The molecule has 3 aromatic carbocycles. The molecule has 0 spiro atoms. The molecule has 0 bridgehead atoms. The molecule has 28 heavy (non-hydrogen) atoms. The molecule has 0 saturated heterocycles. The lowest BCUT2D eigenvalue weighted by Crippen LogP contribution is -1.99. The number of ether oxygens (including phenoxy) is 1. The number of rotatable bonds is 1. The summed E-state index contributed by atoms with van der Waals surface area (Å²) >= 11 is 3.69. The fraction of sp³-hybridized carbons (Fsp3) is 0.0870. The number of aromatic nitrogens is 2. The van der Waals surface area contributed by atoms with Crippen LogP contribution in [0.4, 0.5) is 4.39 Å². The van der Waals surface area contributed by atoms with Crippen LogP contribution in [0.3, 0.4) is 0 Å². The summed E-state index contributed by atoms with van der Waals surface area (Å²) in [6.07, 6.45) is 1.85. The number of hydrogen-bond donors (Lipinski definition) is 0. The summed E-state index contributed by atoms with van der Waals surface area (Å²) in [6.45, 7) is 2.52. The third-order valence-electron chi connectivity index (χ3n) is 5.02. The van der Waals surface area contributed by atoms with E-state index in [4.69, 9.17) is 4.74 Å². The Labute approximate surface area is 170 Å². The van der Waals surface area contributed by atoms with Gasteiger partial charge in [0.2, 0.25) is 0 Å². The molecule has 0 saturated carbocycles. The summed E-state index contributed by atoms with van der Waals surface area (Å²) in [5.74, 6) is 0.611. The van der Waals surface area contributed by atoms with Crippen LogP contribution in [0, 0.1) is 5.82 Å². The first-order valence-corrected chi connectivity index (χ1v) is 9.76. The summed E-state index contributed by atoms with van der Waals surface area (Å²) in [6, 6.07) is 18.7. The Morgan fingerprint density at radius 2 is 1.86 bits per heavy atom. The van der Waals surface area contributed by atoms with Crippen molar-refractivity contribution in [3.05, 3.63) is 93.9 Å². The van der Waals surface area contributed by atoms with E-state index in [0.717, 1.165) is 49.1 Å². The highest BCUT2D eigenvalue weighted by Gasteiger charge is 2.22. The largest absolute Gasteiger partial charge is 0.488 e. The molecule has 2 heterocycles. The molecule has 0 N–H and O–H groups in total. The molecule has 0 atom stereocenters. The number of halogens is 2. The molecule has 3 nitrogen and oxygen atoms in total. The van der Waals surface area contributed by atoms with Crippen molar-refractivity contribution in [2.24, 2.45) is 0 Å². The number of fused-ring (bicyclic) bond motifs is 3. The maximum Gasteiger partial charge on any atom is 0.127 e. The van der Waals surface area contributed by atoms with Gasteiger partial charge < -0.3 is 4.74 Å². The van der Waals surface area contributed by atoms with Gasteiger partial charge in [0.1, 0.15) is 18.2 Å². The maximum absolute atomic E-state index is 13.3. The summed E-state index contributed by atoms with van der Waals surface area (Å²) in [4.78, 5) is 0. The molecular formula is C23H16BrFN2O. The zero-order valence-electron chi connectivity index (χ0n) is 15.1. The predicted molar refractivity (Wildman–Crippen MR) is 112 cm³/mol. The van der Waals surface area contributed by atoms with Gasteiger partial charge in [-0.05, 0) is 60.5 Å². The molecule has 1 aliphatic heterocycles. The molecule has 1 aliphatic rings. The average Bonchev–Trinajstić information content (AvgIpc) is 3.02. The Morgan fingerprint density at radius 3 is 2.64 bits per heavy atom. The highest BCUT2D eigenvalue weighted by atomic mass is 79.9. The van der Waals surface area contributed by atoms with Gasteiger partial charge in [-0.2, -0.15) is 5.10 Å². The Hall–Kier alpha value is -2.92. The molecule has 138 valence electrons. The predicted octanol–water partition coefficient (Wildman–Crippen LogP) is 6.23. The molecule has 4 aromatic rings. The SMILES string of the molecule is CC(Br)=C1c2cc3cnn(-c4ccc(F)cc4)c3cc2COc2ccccc21. The van der Waals surface area contributed by atoms with Gasteiger partial charge in [0.15, 0.2) is 0 Å². The van der Waals surface area contributed by atoms with E-state index in [2.05, 4.69) is 39.2 Å². The van der Waals surface area contributed by atoms with E-state index in [1.807, 2.05) is 36.0 Å². The van der Waals surface area contributed by atoms with Crippen molar-refractivity contribution < 1.29 is 9.13 Å². The van der Waals surface area contributed by atoms with Gasteiger partial charge in [0.05, 0.1) is 17.4 Å². The van der Waals surface area contributed by atoms with Crippen molar-refractivity contribution in [2.45, 2.75) is 13.5 Å². The van der Waals surface area contributed by atoms with E-state index in [9.17, 15) is 4.39 Å². The lowest BCUT2D eigenvalue weighted by Gasteiger charge is -2.12. The van der Waals surface area contributed by atoms with Crippen LogP contribution >= 0.6 is 15.9 Å². The Balaban J connectivity index is 1.74. The van der Waals surface area contributed by atoms with E-state index in [0.29, 0.717) is 6.61 Å². The van der Waals surface area contributed by atoms with E-state index < -0.39 is 0 Å². The van der Waals surface area contributed by atoms with Gasteiger partial charge in [-0.15, -0.1) is 0 Å². The van der Waals surface area contributed by atoms with Crippen molar-refractivity contribution in [3.8, 4) is 11.4 Å². The van der Waals surface area contributed by atoms with Gasteiger partial charge in [-0.3, -0.25) is 0 Å². The van der Waals surface area contributed by atoms with Gasteiger partial charge in [-0.1, -0.05) is 34.1 Å². The highest BCUT2D eigenvalue weighted by Crippen LogP contribution is 2.41. The number of benzene rings is 3. The minimum absolute atomic E-state index is 0.261. The molecule has 0 aliphatic carbocycles. The first kappa shape index (κ1) is 17.2. The standard InChI is InChI=1S/C23H16BrFN2O/c1-14(24)23-19-4-2-3-5-22(19)28-13-16-11-21-15(10-20(16)23)12-26-27(21)18-8-6-17(25)7-9-18/h2-12H,13H2,1H3. The number of para-hydroxylation sites is 1. The van der Waals surface area contributed by atoms with E-state index in [1.54, 1.807) is 12.1 Å². The summed E-state index contributed by atoms with van der Waals surface area (Å²) in [5.41, 5.74) is 6.19. The monoisotopic (exact) mass is 434 g/mol. The van der Waals surface area contributed by atoms with Crippen LogP contribution in [0.25, 0.3) is 22.2 Å². The van der Waals surface area contributed by atoms with Crippen LogP contribution in [0.2, 0.25) is 0 Å². The normalized spacial score (nSPS) is 14.8. The molecule has 0 unspecified atom stereocenters. The molecular weight excluding hydrogens is 419 g/mol. The summed E-state index contributed by atoms with van der Waals surface area (Å²) in [5, 5.41) is 5.55. The summed E-state index contributed by atoms with van der Waals surface area (Å²) < 4.78 is 22.3. The summed E-state index contributed by atoms with van der Waals surface area (Å²) in [7, 11) is 0. The van der Waals surface area contributed by atoms with Crippen LogP contribution in [0.1, 0.15) is 23.6 Å². The lowest BCUT2D eigenvalue weighted by atomic mass is 9.93. The van der Waals surface area contributed by atoms with Crippen molar-refractivity contribution in [2.75, 3.05) is 0 Å².